The van der Waals surface area contributed by atoms with Crippen LogP contribution in [0, 0.1) is 5.92 Å². The van der Waals surface area contributed by atoms with Gasteiger partial charge >= 0.3 is 6.09 Å². The third-order valence-corrected chi connectivity index (χ3v) is 4.68. The highest BCUT2D eigenvalue weighted by Crippen LogP contribution is 2.38. The highest BCUT2D eigenvalue weighted by Gasteiger charge is 2.37. The molecule has 1 aliphatic heterocycles. The van der Waals surface area contributed by atoms with Gasteiger partial charge in [-0.05, 0) is 31.7 Å². The van der Waals surface area contributed by atoms with E-state index in [1.54, 1.807) is 17.2 Å². The van der Waals surface area contributed by atoms with Gasteiger partial charge in [-0.15, -0.1) is 0 Å². The molecular weight excluding hydrogens is 336 g/mol. The minimum Gasteiger partial charge on any atom is -0.447 e. The van der Waals surface area contributed by atoms with Crippen molar-refractivity contribution in [2.75, 3.05) is 16.8 Å². The van der Waals surface area contributed by atoms with Gasteiger partial charge in [-0.25, -0.2) is 9.78 Å². The lowest BCUT2D eigenvalue weighted by atomic mass is 10.0. The number of hydrogen-bond acceptors (Lipinski definition) is 8. The largest absolute Gasteiger partial charge is 0.447 e. The van der Waals surface area contributed by atoms with Gasteiger partial charge in [0, 0.05) is 12.1 Å². The molecule has 0 radical (unpaired) electrons. The SMILES string of the molecule is CC(Nc1nccc(N2C(=O)OCC2C(C)C)n1)c1nc(C2CC2)no1. The highest BCUT2D eigenvalue weighted by atomic mass is 16.6. The van der Waals surface area contributed by atoms with Crippen molar-refractivity contribution in [1.29, 1.82) is 0 Å². The van der Waals surface area contributed by atoms with E-state index in [1.165, 1.54) is 0 Å². The molecule has 9 nitrogen and oxygen atoms in total. The van der Waals surface area contributed by atoms with E-state index < -0.39 is 0 Å². The smallest absolute Gasteiger partial charge is 0.415 e. The summed E-state index contributed by atoms with van der Waals surface area (Å²) in [6.45, 7) is 6.37. The number of anilines is 2. The van der Waals surface area contributed by atoms with Crippen molar-refractivity contribution in [3.05, 3.63) is 24.0 Å². The summed E-state index contributed by atoms with van der Waals surface area (Å²) >= 11 is 0. The van der Waals surface area contributed by atoms with Crippen LogP contribution < -0.4 is 10.2 Å². The van der Waals surface area contributed by atoms with Crippen molar-refractivity contribution in [2.45, 2.75) is 51.6 Å². The van der Waals surface area contributed by atoms with Crippen LogP contribution in [-0.2, 0) is 4.74 Å². The molecule has 0 aromatic carbocycles. The molecular formula is C17H22N6O3. The minimum atomic E-state index is -0.382. The lowest BCUT2D eigenvalue weighted by Crippen LogP contribution is -2.37. The average Bonchev–Trinajstić information content (AvgIpc) is 3.20. The summed E-state index contributed by atoms with van der Waals surface area (Å²) in [4.78, 5) is 26.8. The number of amides is 1. The molecule has 2 aromatic heterocycles. The molecule has 1 aliphatic carbocycles. The lowest BCUT2D eigenvalue weighted by molar-refractivity contribution is 0.177. The number of nitrogens with zero attached hydrogens (tertiary/aromatic N) is 5. The fraction of sp³-hybridized carbons (Fsp3) is 0.588. The summed E-state index contributed by atoms with van der Waals surface area (Å²) in [5.41, 5.74) is 0. The van der Waals surface area contributed by atoms with Crippen molar-refractivity contribution < 1.29 is 14.1 Å². The van der Waals surface area contributed by atoms with E-state index in [4.69, 9.17) is 9.26 Å². The van der Waals surface area contributed by atoms with Crippen LogP contribution in [0.1, 0.15) is 57.3 Å². The number of aromatic nitrogens is 4. The van der Waals surface area contributed by atoms with Gasteiger partial charge in [0.15, 0.2) is 5.82 Å². The van der Waals surface area contributed by atoms with Crippen LogP contribution in [0.15, 0.2) is 16.8 Å². The van der Waals surface area contributed by atoms with E-state index >= 15 is 0 Å². The maximum atomic E-state index is 12.1. The number of rotatable bonds is 6. The number of ether oxygens (including phenoxy) is 1. The number of hydrogen-bond donors (Lipinski definition) is 1. The molecule has 1 saturated carbocycles. The Morgan fingerprint density at radius 2 is 2.08 bits per heavy atom. The quantitative estimate of drug-likeness (QED) is 0.840. The Balaban J connectivity index is 1.50. The van der Waals surface area contributed by atoms with Crippen LogP contribution in [0.2, 0.25) is 0 Å². The van der Waals surface area contributed by atoms with E-state index in [0.717, 1.165) is 18.7 Å². The summed E-state index contributed by atoms with van der Waals surface area (Å²) in [5, 5.41) is 7.18. The Kier molecular flexibility index (Phi) is 4.21. The van der Waals surface area contributed by atoms with E-state index in [2.05, 4.69) is 39.3 Å². The van der Waals surface area contributed by atoms with Gasteiger partial charge in [-0.1, -0.05) is 19.0 Å². The molecule has 2 aromatic rings. The lowest BCUT2D eigenvalue weighted by Gasteiger charge is -2.23. The number of cyclic esters (lactones) is 1. The molecule has 2 atom stereocenters. The molecule has 2 aliphatic rings. The highest BCUT2D eigenvalue weighted by molar-refractivity contribution is 5.89. The molecule has 1 saturated heterocycles. The fourth-order valence-electron chi connectivity index (χ4n) is 2.93. The van der Waals surface area contributed by atoms with E-state index in [9.17, 15) is 4.79 Å². The molecule has 3 heterocycles. The predicted octanol–water partition coefficient (Wildman–Crippen LogP) is 2.89. The first-order valence-electron chi connectivity index (χ1n) is 8.92. The minimum absolute atomic E-state index is 0.0419. The van der Waals surface area contributed by atoms with Crippen LogP contribution in [-0.4, -0.2) is 38.9 Å². The normalized spacial score (nSPS) is 21.2. The molecule has 2 unspecified atom stereocenters. The number of nitrogens with one attached hydrogen (secondary N) is 1. The molecule has 2 fully saturated rings. The number of carbonyl (C=O) groups is 1. The Hall–Kier alpha value is -2.71. The van der Waals surface area contributed by atoms with E-state index in [0.29, 0.717) is 30.2 Å². The molecule has 0 spiro atoms. The van der Waals surface area contributed by atoms with Gasteiger partial charge in [-0.2, -0.15) is 9.97 Å². The maximum absolute atomic E-state index is 12.1. The van der Waals surface area contributed by atoms with E-state index in [1.807, 2.05) is 6.92 Å². The molecule has 1 N–H and O–H groups in total. The Labute approximate surface area is 151 Å². The van der Waals surface area contributed by atoms with Crippen molar-refractivity contribution in [3.63, 3.8) is 0 Å². The molecule has 138 valence electrons. The van der Waals surface area contributed by atoms with Gasteiger partial charge in [0.2, 0.25) is 11.8 Å². The van der Waals surface area contributed by atoms with Gasteiger partial charge in [-0.3, -0.25) is 4.90 Å². The standard InChI is InChI=1S/C17H22N6O3/c1-9(2)12-8-25-17(24)23(12)13-6-7-18-16(20-13)19-10(3)15-21-14(22-26-15)11-4-5-11/h6-7,9-12H,4-5,8H2,1-3H3,(H,18,19,20). The third kappa shape index (κ3) is 3.21. The molecule has 1 amide bonds. The third-order valence-electron chi connectivity index (χ3n) is 4.68. The summed E-state index contributed by atoms with van der Waals surface area (Å²) in [7, 11) is 0. The topological polar surface area (TPSA) is 106 Å². The first-order valence-corrected chi connectivity index (χ1v) is 8.92. The zero-order valence-corrected chi connectivity index (χ0v) is 15.0. The summed E-state index contributed by atoms with van der Waals surface area (Å²) in [5.74, 6) is 2.87. The first kappa shape index (κ1) is 16.7. The van der Waals surface area contributed by atoms with Gasteiger partial charge in [0.1, 0.15) is 18.5 Å². The summed E-state index contributed by atoms with van der Waals surface area (Å²) < 4.78 is 10.5. The predicted molar refractivity (Wildman–Crippen MR) is 92.8 cm³/mol. The Bertz CT molecular complexity index is 803. The zero-order chi connectivity index (χ0) is 18.3. The van der Waals surface area contributed by atoms with Gasteiger partial charge < -0.3 is 14.6 Å². The fourth-order valence-corrected chi connectivity index (χ4v) is 2.93. The number of carbonyl (C=O) groups excluding carboxylic acids is 1. The monoisotopic (exact) mass is 358 g/mol. The van der Waals surface area contributed by atoms with Crippen LogP contribution in [0.4, 0.5) is 16.6 Å². The Morgan fingerprint density at radius 3 is 2.81 bits per heavy atom. The van der Waals surface area contributed by atoms with Crippen molar-refractivity contribution >= 4 is 17.9 Å². The zero-order valence-electron chi connectivity index (χ0n) is 15.0. The van der Waals surface area contributed by atoms with Crippen molar-refractivity contribution in [2.24, 2.45) is 5.92 Å². The van der Waals surface area contributed by atoms with Crippen LogP contribution in [0.5, 0.6) is 0 Å². The summed E-state index contributed by atoms with van der Waals surface area (Å²) in [6, 6.07) is 1.42. The molecule has 4 rings (SSSR count). The van der Waals surface area contributed by atoms with Crippen LogP contribution in [0.3, 0.4) is 0 Å². The molecule has 9 heteroatoms. The van der Waals surface area contributed by atoms with Crippen molar-refractivity contribution in [3.8, 4) is 0 Å². The maximum Gasteiger partial charge on any atom is 0.415 e. The Morgan fingerprint density at radius 1 is 1.27 bits per heavy atom. The van der Waals surface area contributed by atoms with E-state index in [-0.39, 0.29) is 24.1 Å². The van der Waals surface area contributed by atoms with Gasteiger partial charge in [0.05, 0.1) is 6.04 Å². The van der Waals surface area contributed by atoms with Crippen LogP contribution >= 0.6 is 0 Å². The summed E-state index contributed by atoms with van der Waals surface area (Å²) in [6.07, 6.45) is 3.47. The van der Waals surface area contributed by atoms with Crippen molar-refractivity contribution in [1.82, 2.24) is 20.1 Å². The second-order valence-corrected chi connectivity index (χ2v) is 7.13. The first-order chi connectivity index (χ1) is 12.5. The molecule has 0 bridgehead atoms. The second-order valence-electron chi connectivity index (χ2n) is 7.13. The molecule has 26 heavy (non-hydrogen) atoms. The van der Waals surface area contributed by atoms with Crippen LogP contribution in [0.25, 0.3) is 0 Å². The second kappa shape index (κ2) is 6.54. The average molecular weight is 358 g/mol. The van der Waals surface area contributed by atoms with Gasteiger partial charge in [0.25, 0.3) is 0 Å².